The number of hydrogen-bond donors (Lipinski definition) is 0. The fourth-order valence-corrected chi connectivity index (χ4v) is 5.41. The molecule has 0 spiro atoms. The molecule has 1 atom stereocenters. The number of anilines is 1. The molecule has 6 heteroatoms. The van der Waals surface area contributed by atoms with Crippen LogP contribution >= 0.6 is 0 Å². The van der Waals surface area contributed by atoms with E-state index in [-0.39, 0.29) is 23.1 Å². The maximum atomic E-state index is 12.8. The predicted octanol–water partition coefficient (Wildman–Crippen LogP) is 1.39. The van der Waals surface area contributed by atoms with E-state index >= 15 is 0 Å². The number of para-hydroxylation sites is 1. The summed E-state index contributed by atoms with van der Waals surface area (Å²) in [6.45, 7) is 2.75. The van der Waals surface area contributed by atoms with Crippen molar-refractivity contribution in [3.63, 3.8) is 0 Å². The lowest BCUT2D eigenvalue weighted by Crippen LogP contribution is -2.57. The highest BCUT2D eigenvalue weighted by molar-refractivity contribution is 7.90. The van der Waals surface area contributed by atoms with E-state index in [0.29, 0.717) is 13.1 Å². The standard InChI is InChI=1S/C16H20N2O3S/c1-11-8-12-4-2-3-5-15(12)18(11)16(19)13-9-17(10-13)22(20,21)14-6-7-14/h2-5,11,13-14H,6-10H2,1H3. The van der Waals surface area contributed by atoms with Gasteiger partial charge in [0.2, 0.25) is 15.9 Å². The zero-order valence-electron chi connectivity index (χ0n) is 12.6. The number of carbonyl (C=O) groups excluding carboxylic acids is 1. The Labute approximate surface area is 131 Å². The summed E-state index contributed by atoms with van der Waals surface area (Å²) < 4.78 is 25.7. The number of carbonyl (C=O) groups is 1. The zero-order valence-corrected chi connectivity index (χ0v) is 13.4. The first kappa shape index (κ1) is 14.2. The molecule has 1 aromatic rings. The van der Waals surface area contributed by atoms with Gasteiger partial charge in [-0.3, -0.25) is 4.79 Å². The van der Waals surface area contributed by atoms with Crippen LogP contribution < -0.4 is 4.90 Å². The van der Waals surface area contributed by atoms with Gasteiger partial charge in [0.05, 0.1) is 11.2 Å². The van der Waals surface area contributed by atoms with Crippen molar-refractivity contribution < 1.29 is 13.2 Å². The SMILES string of the molecule is CC1Cc2ccccc2N1C(=O)C1CN(S(=O)(=O)C2CC2)C1. The van der Waals surface area contributed by atoms with Gasteiger partial charge in [0.25, 0.3) is 0 Å². The first-order valence-electron chi connectivity index (χ1n) is 7.88. The van der Waals surface area contributed by atoms with Crippen LogP contribution in [-0.4, -0.2) is 43.0 Å². The molecule has 0 aromatic heterocycles. The number of nitrogens with zero attached hydrogens (tertiary/aromatic N) is 2. The molecular weight excluding hydrogens is 300 g/mol. The van der Waals surface area contributed by atoms with Crippen LogP contribution in [0.2, 0.25) is 0 Å². The molecule has 4 rings (SSSR count). The van der Waals surface area contributed by atoms with Crippen LogP contribution in [0.1, 0.15) is 25.3 Å². The molecule has 1 saturated carbocycles. The number of sulfonamides is 1. The van der Waals surface area contributed by atoms with E-state index in [4.69, 9.17) is 0 Å². The molecule has 1 aromatic carbocycles. The summed E-state index contributed by atoms with van der Waals surface area (Å²) in [4.78, 5) is 14.6. The molecule has 22 heavy (non-hydrogen) atoms. The molecule has 2 aliphatic heterocycles. The Balaban J connectivity index is 1.48. The summed E-state index contributed by atoms with van der Waals surface area (Å²) in [6.07, 6.45) is 2.42. The fraction of sp³-hybridized carbons (Fsp3) is 0.562. The minimum Gasteiger partial charge on any atom is -0.309 e. The van der Waals surface area contributed by atoms with E-state index in [2.05, 4.69) is 13.0 Å². The highest BCUT2D eigenvalue weighted by Gasteiger charge is 2.48. The Morgan fingerprint density at radius 3 is 2.55 bits per heavy atom. The van der Waals surface area contributed by atoms with E-state index in [9.17, 15) is 13.2 Å². The topological polar surface area (TPSA) is 57.7 Å². The molecule has 5 nitrogen and oxygen atoms in total. The molecule has 2 heterocycles. The predicted molar refractivity (Wildman–Crippen MR) is 84.1 cm³/mol. The molecule has 2 fully saturated rings. The van der Waals surface area contributed by atoms with Crippen LogP contribution in [-0.2, 0) is 21.2 Å². The summed E-state index contributed by atoms with van der Waals surface area (Å²) in [5.74, 6) is -0.123. The number of benzene rings is 1. The first-order chi connectivity index (χ1) is 10.5. The lowest BCUT2D eigenvalue weighted by molar-refractivity contribution is -0.125. The van der Waals surface area contributed by atoms with E-state index in [1.54, 1.807) is 0 Å². The second-order valence-corrected chi connectivity index (χ2v) is 8.86. The summed E-state index contributed by atoms with van der Waals surface area (Å²) in [7, 11) is -3.13. The Bertz CT molecular complexity index is 721. The Morgan fingerprint density at radius 2 is 1.86 bits per heavy atom. The van der Waals surface area contributed by atoms with Crippen molar-refractivity contribution in [2.75, 3.05) is 18.0 Å². The first-order valence-corrected chi connectivity index (χ1v) is 9.38. The lowest BCUT2D eigenvalue weighted by atomic mass is 10.0. The van der Waals surface area contributed by atoms with Crippen molar-refractivity contribution in [2.24, 2.45) is 5.92 Å². The highest BCUT2D eigenvalue weighted by Crippen LogP contribution is 2.37. The summed E-state index contributed by atoms with van der Waals surface area (Å²) in [6, 6.07) is 8.13. The van der Waals surface area contributed by atoms with Gasteiger partial charge in [-0.25, -0.2) is 8.42 Å². The van der Waals surface area contributed by atoms with Gasteiger partial charge in [-0.15, -0.1) is 0 Å². The van der Waals surface area contributed by atoms with Gasteiger partial charge in [-0.1, -0.05) is 18.2 Å². The maximum Gasteiger partial charge on any atom is 0.233 e. The third-order valence-electron chi connectivity index (χ3n) is 4.95. The molecule has 0 bridgehead atoms. The molecule has 0 radical (unpaired) electrons. The minimum absolute atomic E-state index is 0.0692. The van der Waals surface area contributed by atoms with Gasteiger partial charge in [-0.05, 0) is 37.8 Å². The van der Waals surface area contributed by atoms with Gasteiger partial charge in [0.15, 0.2) is 0 Å². The second-order valence-electron chi connectivity index (χ2n) is 6.65. The molecule has 1 saturated heterocycles. The molecule has 1 amide bonds. The average Bonchev–Trinajstić information content (AvgIpc) is 3.20. The van der Waals surface area contributed by atoms with Crippen molar-refractivity contribution in [1.82, 2.24) is 4.31 Å². The highest BCUT2D eigenvalue weighted by atomic mass is 32.2. The van der Waals surface area contributed by atoms with Crippen LogP contribution in [0.3, 0.4) is 0 Å². The largest absolute Gasteiger partial charge is 0.309 e. The van der Waals surface area contributed by atoms with Crippen molar-refractivity contribution in [2.45, 2.75) is 37.5 Å². The van der Waals surface area contributed by atoms with Crippen molar-refractivity contribution in [3.8, 4) is 0 Å². The molecule has 1 aliphatic carbocycles. The van der Waals surface area contributed by atoms with E-state index < -0.39 is 10.0 Å². The average molecular weight is 320 g/mol. The number of amides is 1. The van der Waals surface area contributed by atoms with Crippen molar-refractivity contribution >= 4 is 21.6 Å². The number of rotatable bonds is 3. The van der Waals surface area contributed by atoms with Crippen LogP contribution in [0.25, 0.3) is 0 Å². The number of fused-ring (bicyclic) bond motifs is 1. The third-order valence-corrected chi connectivity index (χ3v) is 7.28. The second kappa shape index (κ2) is 4.80. The van der Waals surface area contributed by atoms with Gasteiger partial charge in [0.1, 0.15) is 0 Å². The molecular formula is C16H20N2O3S. The monoisotopic (exact) mass is 320 g/mol. The Morgan fingerprint density at radius 1 is 1.18 bits per heavy atom. The van der Waals surface area contributed by atoms with Crippen molar-refractivity contribution in [3.05, 3.63) is 29.8 Å². The third kappa shape index (κ3) is 2.08. The Hall–Kier alpha value is -1.40. The van der Waals surface area contributed by atoms with Crippen LogP contribution in [0.15, 0.2) is 24.3 Å². The summed E-state index contributed by atoms with van der Waals surface area (Å²) in [5, 5.41) is -0.185. The van der Waals surface area contributed by atoms with Crippen LogP contribution in [0.5, 0.6) is 0 Å². The number of hydrogen-bond acceptors (Lipinski definition) is 3. The molecule has 0 N–H and O–H groups in total. The van der Waals surface area contributed by atoms with E-state index in [1.807, 2.05) is 23.1 Å². The minimum atomic E-state index is -3.13. The van der Waals surface area contributed by atoms with Gasteiger partial charge < -0.3 is 4.90 Å². The van der Waals surface area contributed by atoms with Crippen LogP contribution in [0.4, 0.5) is 5.69 Å². The van der Waals surface area contributed by atoms with Gasteiger partial charge >= 0.3 is 0 Å². The molecule has 1 unspecified atom stereocenters. The van der Waals surface area contributed by atoms with Gasteiger partial charge in [-0.2, -0.15) is 4.31 Å². The molecule has 118 valence electrons. The smallest absolute Gasteiger partial charge is 0.233 e. The lowest BCUT2D eigenvalue weighted by Gasteiger charge is -2.39. The van der Waals surface area contributed by atoms with Crippen molar-refractivity contribution in [1.29, 1.82) is 0 Å². The zero-order chi connectivity index (χ0) is 15.5. The van der Waals surface area contributed by atoms with E-state index in [1.165, 1.54) is 9.87 Å². The maximum absolute atomic E-state index is 12.8. The molecule has 3 aliphatic rings. The van der Waals surface area contributed by atoms with E-state index in [0.717, 1.165) is 24.9 Å². The normalized spacial score (nSPS) is 25.9. The van der Waals surface area contributed by atoms with Gasteiger partial charge in [0, 0.05) is 24.8 Å². The Kier molecular flexibility index (Phi) is 3.10. The fourth-order valence-electron chi connectivity index (χ4n) is 3.48. The quantitative estimate of drug-likeness (QED) is 0.845. The van der Waals surface area contributed by atoms with Crippen LogP contribution in [0, 0.1) is 5.92 Å². The summed E-state index contributed by atoms with van der Waals surface area (Å²) >= 11 is 0. The summed E-state index contributed by atoms with van der Waals surface area (Å²) in [5.41, 5.74) is 2.19.